The summed E-state index contributed by atoms with van der Waals surface area (Å²) in [6, 6.07) is 5.74. The number of ether oxygens (including phenoxy) is 1. The van der Waals surface area contributed by atoms with Crippen LogP contribution in [-0.4, -0.2) is 22.8 Å². The van der Waals surface area contributed by atoms with Gasteiger partial charge in [-0.2, -0.15) is 0 Å². The van der Waals surface area contributed by atoms with Crippen LogP contribution in [0, 0.1) is 6.92 Å². The number of methoxy groups -OCH3 is 1. The highest BCUT2D eigenvalue weighted by Gasteiger charge is 2.17. The van der Waals surface area contributed by atoms with Gasteiger partial charge in [0.05, 0.1) is 18.4 Å². The van der Waals surface area contributed by atoms with Gasteiger partial charge in [-0.3, -0.25) is 4.79 Å². The molecule has 2 aromatic heterocycles. The number of nitrogens with zero attached hydrogens (tertiary/aromatic N) is 2. The molecule has 21 heavy (non-hydrogen) atoms. The van der Waals surface area contributed by atoms with Crippen molar-refractivity contribution in [1.29, 1.82) is 0 Å². The van der Waals surface area contributed by atoms with Crippen molar-refractivity contribution in [2.45, 2.75) is 6.92 Å². The maximum atomic E-state index is 11.2. The largest absolute Gasteiger partial charge is 0.496 e. The number of hydrogen-bond acceptors (Lipinski definition) is 4. The van der Waals surface area contributed by atoms with Gasteiger partial charge in [0.2, 0.25) is 0 Å². The second-order valence-corrected chi connectivity index (χ2v) is 4.78. The molecule has 0 aliphatic heterocycles. The topological polar surface area (TPSA) is 69.6 Å². The van der Waals surface area contributed by atoms with Crippen molar-refractivity contribution >= 4 is 17.6 Å². The highest BCUT2D eigenvalue weighted by atomic mass is 16.5. The lowest BCUT2D eigenvalue weighted by Crippen LogP contribution is -2.02. The van der Waals surface area contributed by atoms with Crippen LogP contribution in [0.25, 0.3) is 16.8 Å². The highest BCUT2D eigenvalue weighted by molar-refractivity contribution is 5.97. The van der Waals surface area contributed by atoms with E-state index in [9.17, 15) is 4.79 Å². The Kier molecular flexibility index (Phi) is 3.10. The van der Waals surface area contributed by atoms with Gasteiger partial charge in [0, 0.05) is 24.2 Å². The number of aromatic nitrogens is 2. The number of aldehydes is 1. The fraction of sp³-hybridized carbons (Fsp3) is 0.125. The number of nitrogens with two attached hydrogens (primary N) is 1. The summed E-state index contributed by atoms with van der Waals surface area (Å²) in [5.74, 6) is 0.771. The third-order valence-corrected chi connectivity index (χ3v) is 3.65. The SMILES string of the molecule is COc1cccc(-c2c(N)c(C=O)cn3ccnc23)c1C. The molecule has 106 valence electrons. The summed E-state index contributed by atoms with van der Waals surface area (Å²) in [7, 11) is 1.63. The van der Waals surface area contributed by atoms with Crippen LogP contribution in [0.4, 0.5) is 5.69 Å². The number of hydrogen-bond donors (Lipinski definition) is 1. The van der Waals surface area contributed by atoms with Gasteiger partial charge in [-0.15, -0.1) is 0 Å². The zero-order valence-electron chi connectivity index (χ0n) is 11.8. The van der Waals surface area contributed by atoms with Gasteiger partial charge in [0.15, 0.2) is 6.29 Å². The summed E-state index contributed by atoms with van der Waals surface area (Å²) in [5, 5.41) is 0. The molecule has 0 aliphatic rings. The van der Waals surface area contributed by atoms with E-state index in [0.29, 0.717) is 11.3 Å². The van der Waals surface area contributed by atoms with Crippen LogP contribution >= 0.6 is 0 Å². The summed E-state index contributed by atoms with van der Waals surface area (Å²) in [4.78, 5) is 15.6. The number of carbonyl (C=O) groups excluding carboxylic acids is 1. The molecule has 3 rings (SSSR count). The van der Waals surface area contributed by atoms with Crippen LogP contribution in [0.15, 0.2) is 36.8 Å². The third-order valence-electron chi connectivity index (χ3n) is 3.65. The molecule has 0 saturated carbocycles. The van der Waals surface area contributed by atoms with Crippen LogP contribution in [0.5, 0.6) is 5.75 Å². The van der Waals surface area contributed by atoms with E-state index in [0.717, 1.165) is 34.4 Å². The molecular formula is C16H15N3O2. The number of rotatable bonds is 3. The average Bonchev–Trinajstić information content (AvgIpc) is 2.95. The van der Waals surface area contributed by atoms with Gasteiger partial charge in [-0.05, 0) is 24.1 Å². The van der Waals surface area contributed by atoms with E-state index < -0.39 is 0 Å². The molecule has 5 heteroatoms. The van der Waals surface area contributed by atoms with Gasteiger partial charge in [0.1, 0.15) is 11.4 Å². The molecule has 0 aliphatic carbocycles. The van der Waals surface area contributed by atoms with Crippen molar-refractivity contribution < 1.29 is 9.53 Å². The molecule has 0 bridgehead atoms. The molecular weight excluding hydrogens is 266 g/mol. The van der Waals surface area contributed by atoms with E-state index in [4.69, 9.17) is 10.5 Å². The van der Waals surface area contributed by atoms with Crippen molar-refractivity contribution in [3.8, 4) is 16.9 Å². The Morgan fingerprint density at radius 2 is 2.19 bits per heavy atom. The lowest BCUT2D eigenvalue weighted by Gasteiger charge is -2.14. The predicted octanol–water partition coefficient (Wildman–Crippen LogP) is 2.71. The van der Waals surface area contributed by atoms with Crippen LogP contribution in [-0.2, 0) is 0 Å². The molecule has 0 atom stereocenters. The molecule has 0 spiro atoms. The zero-order valence-corrected chi connectivity index (χ0v) is 11.8. The van der Waals surface area contributed by atoms with E-state index in [2.05, 4.69) is 4.98 Å². The molecule has 1 aromatic carbocycles. The minimum absolute atomic E-state index is 0.431. The van der Waals surface area contributed by atoms with Crippen molar-refractivity contribution in [3.63, 3.8) is 0 Å². The predicted molar refractivity (Wildman–Crippen MR) is 81.7 cm³/mol. The van der Waals surface area contributed by atoms with Crippen LogP contribution in [0.1, 0.15) is 15.9 Å². The van der Waals surface area contributed by atoms with E-state index in [1.54, 1.807) is 30.1 Å². The normalized spacial score (nSPS) is 10.8. The van der Waals surface area contributed by atoms with E-state index in [1.165, 1.54) is 0 Å². The molecule has 0 fully saturated rings. The maximum Gasteiger partial charge on any atom is 0.153 e. The van der Waals surface area contributed by atoms with Crippen LogP contribution in [0.3, 0.4) is 0 Å². The number of anilines is 1. The Balaban J connectivity index is 2.41. The Hall–Kier alpha value is -2.82. The summed E-state index contributed by atoms with van der Waals surface area (Å²) in [6.45, 7) is 1.96. The standard InChI is InChI=1S/C16H15N3O2/c1-10-12(4-3-5-13(10)21-2)14-15(17)11(9-20)8-19-7-6-18-16(14)19/h3-9H,17H2,1-2H3. The number of carbonyl (C=O) groups is 1. The number of imidazole rings is 1. The Morgan fingerprint density at radius 3 is 2.90 bits per heavy atom. The van der Waals surface area contributed by atoms with E-state index >= 15 is 0 Å². The van der Waals surface area contributed by atoms with Crippen LogP contribution < -0.4 is 10.5 Å². The van der Waals surface area contributed by atoms with Crippen molar-refractivity contribution in [2.24, 2.45) is 0 Å². The number of pyridine rings is 1. The minimum atomic E-state index is 0.431. The van der Waals surface area contributed by atoms with Gasteiger partial charge >= 0.3 is 0 Å². The molecule has 2 N–H and O–H groups in total. The second-order valence-electron chi connectivity index (χ2n) is 4.78. The summed E-state index contributed by atoms with van der Waals surface area (Å²) >= 11 is 0. The maximum absolute atomic E-state index is 11.2. The fourth-order valence-electron chi connectivity index (χ4n) is 2.56. The first-order chi connectivity index (χ1) is 10.2. The van der Waals surface area contributed by atoms with Crippen LogP contribution in [0.2, 0.25) is 0 Å². The summed E-state index contributed by atoms with van der Waals surface area (Å²) < 4.78 is 7.16. The molecule has 0 amide bonds. The minimum Gasteiger partial charge on any atom is -0.496 e. The number of nitrogen functional groups attached to an aromatic ring is 1. The summed E-state index contributed by atoms with van der Waals surface area (Å²) in [6.07, 6.45) is 5.92. The van der Waals surface area contributed by atoms with Crippen molar-refractivity contribution in [2.75, 3.05) is 12.8 Å². The average molecular weight is 281 g/mol. The monoisotopic (exact) mass is 281 g/mol. The van der Waals surface area contributed by atoms with Crippen molar-refractivity contribution in [3.05, 3.63) is 47.9 Å². The molecule has 0 unspecified atom stereocenters. The first-order valence-electron chi connectivity index (χ1n) is 6.51. The highest BCUT2D eigenvalue weighted by Crippen LogP contribution is 2.36. The Labute approximate surface area is 122 Å². The smallest absolute Gasteiger partial charge is 0.153 e. The summed E-state index contributed by atoms with van der Waals surface area (Å²) in [5.41, 5.74) is 10.4. The fourth-order valence-corrected chi connectivity index (χ4v) is 2.56. The number of fused-ring (bicyclic) bond motifs is 1. The Morgan fingerprint density at radius 1 is 1.38 bits per heavy atom. The molecule has 0 saturated heterocycles. The first kappa shape index (κ1) is 13.2. The van der Waals surface area contributed by atoms with E-state index in [1.807, 2.05) is 25.1 Å². The molecule has 2 heterocycles. The van der Waals surface area contributed by atoms with Gasteiger partial charge in [0.25, 0.3) is 0 Å². The van der Waals surface area contributed by atoms with Gasteiger partial charge in [-0.1, -0.05) is 12.1 Å². The third kappa shape index (κ3) is 1.94. The van der Waals surface area contributed by atoms with Gasteiger partial charge in [-0.25, -0.2) is 4.98 Å². The van der Waals surface area contributed by atoms with Gasteiger partial charge < -0.3 is 14.9 Å². The lowest BCUT2D eigenvalue weighted by molar-refractivity contribution is 0.112. The molecule has 3 aromatic rings. The molecule has 5 nitrogen and oxygen atoms in total. The zero-order chi connectivity index (χ0) is 15.0. The number of benzene rings is 1. The van der Waals surface area contributed by atoms with Crippen molar-refractivity contribution in [1.82, 2.24) is 9.38 Å². The quantitative estimate of drug-likeness (QED) is 0.749. The first-order valence-corrected chi connectivity index (χ1v) is 6.51. The Bertz CT molecular complexity index is 837. The molecule has 0 radical (unpaired) electrons. The van der Waals surface area contributed by atoms with E-state index in [-0.39, 0.29) is 0 Å². The lowest BCUT2D eigenvalue weighted by atomic mass is 9.97. The second kappa shape index (κ2) is 4.94.